The number of halogens is 1. The van der Waals surface area contributed by atoms with Gasteiger partial charge in [-0.05, 0) is 48.5 Å². The van der Waals surface area contributed by atoms with E-state index < -0.39 is 0 Å². The molecule has 0 fully saturated rings. The van der Waals surface area contributed by atoms with Gasteiger partial charge in [-0.25, -0.2) is 9.37 Å². The van der Waals surface area contributed by atoms with Gasteiger partial charge in [-0.15, -0.1) is 11.3 Å². The van der Waals surface area contributed by atoms with Gasteiger partial charge in [-0.1, -0.05) is 0 Å². The summed E-state index contributed by atoms with van der Waals surface area (Å²) in [5.74, 6) is 0.0589. The summed E-state index contributed by atoms with van der Waals surface area (Å²) >= 11 is 1.52. The van der Waals surface area contributed by atoms with Crippen molar-refractivity contribution in [1.82, 2.24) is 4.98 Å². The summed E-state index contributed by atoms with van der Waals surface area (Å²) in [6.45, 7) is 0.393. The number of ether oxygens (including phenoxy) is 1. The van der Waals surface area contributed by atoms with Crippen LogP contribution in [-0.4, -0.2) is 10.9 Å². The minimum Gasteiger partial charge on any atom is -0.487 e. The van der Waals surface area contributed by atoms with Crippen molar-refractivity contribution in [2.45, 2.75) is 6.61 Å². The molecule has 4 nitrogen and oxygen atoms in total. The molecule has 0 saturated carbocycles. The van der Waals surface area contributed by atoms with Gasteiger partial charge in [-0.3, -0.25) is 4.79 Å². The van der Waals surface area contributed by atoms with Gasteiger partial charge in [0.05, 0.1) is 11.2 Å². The largest absolute Gasteiger partial charge is 0.487 e. The molecular formula is C17H13FN2O2S. The van der Waals surface area contributed by atoms with Crippen molar-refractivity contribution in [1.29, 1.82) is 0 Å². The second-order valence-corrected chi connectivity index (χ2v) is 5.47. The van der Waals surface area contributed by atoms with Crippen LogP contribution in [0, 0.1) is 5.82 Å². The van der Waals surface area contributed by atoms with E-state index in [-0.39, 0.29) is 11.7 Å². The highest BCUT2D eigenvalue weighted by molar-refractivity contribution is 7.07. The Bertz CT molecular complexity index is 771. The zero-order valence-electron chi connectivity index (χ0n) is 12.0. The number of aromatic nitrogens is 1. The summed E-state index contributed by atoms with van der Waals surface area (Å²) in [4.78, 5) is 16.2. The van der Waals surface area contributed by atoms with E-state index in [4.69, 9.17) is 4.74 Å². The molecule has 0 radical (unpaired) electrons. The zero-order chi connectivity index (χ0) is 16.1. The maximum absolute atomic E-state index is 12.8. The third-order valence-corrected chi connectivity index (χ3v) is 3.72. The predicted molar refractivity (Wildman–Crippen MR) is 87.2 cm³/mol. The summed E-state index contributed by atoms with van der Waals surface area (Å²) in [6, 6.07) is 12.4. The van der Waals surface area contributed by atoms with Crippen LogP contribution in [-0.2, 0) is 6.61 Å². The molecule has 0 aliphatic rings. The molecule has 23 heavy (non-hydrogen) atoms. The highest BCUT2D eigenvalue weighted by Gasteiger charge is 2.06. The van der Waals surface area contributed by atoms with Crippen molar-refractivity contribution < 1.29 is 13.9 Å². The third kappa shape index (κ3) is 4.14. The van der Waals surface area contributed by atoms with E-state index in [1.165, 1.54) is 35.6 Å². The minimum atomic E-state index is -0.343. The first-order valence-electron chi connectivity index (χ1n) is 6.87. The second-order valence-electron chi connectivity index (χ2n) is 4.75. The molecule has 3 rings (SSSR count). The molecule has 0 bridgehead atoms. The SMILES string of the molecule is O=C(Nc1ccc(F)cc1)c1ccc(OCc2cscn2)cc1. The van der Waals surface area contributed by atoms with Gasteiger partial charge < -0.3 is 10.1 Å². The fraction of sp³-hybridized carbons (Fsp3) is 0.0588. The lowest BCUT2D eigenvalue weighted by Gasteiger charge is -2.07. The average molecular weight is 328 g/mol. The highest BCUT2D eigenvalue weighted by atomic mass is 32.1. The van der Waals surface area contributed by atoms with E-state index in [0.717, 1.165) is 5.69 Å². The molecular weight excluding hydrogens is 315 g/mol. The fourth-order valence-corrected chi connectivity index (χ4v) is 2.45. The summed E-state index contributed by atoms with van der Waals surface area (Å²) in [7, 11) is 0. The van der Waals surface area contributed by atoms with Gasteiger partial charge in [0.25, 0.3) is 5.91 Å². The van der Waals surface area contributed by atoms with Crippen molar-refractivity contribution >= 4 is 22.9 Å². The van der Waals surface area contributed by atoms with E-state index in [9.17, 15) is 9.18 Å². The summed E-state index contributed by atoms with van der Waals surface area (Å²) in [5, 5.41) is 4.63. The molecule has 1 N–H and O–H groups in total. The van der Waals surface area contributed by atoms with E-state index in [1.54, 1.807) is 29.8 Å². The highest BCUT2D eigenvalue weighted by Crippen LogP contribution is 2.16. The number of amides is 1. The molecule has 0 aliphatic carbocycles. The van der Waals surface area contributed by atoms with E-state index in [0.29, 0.717) is 23.6 Å². The number of carbonyl (C=O) groups excluding carboxylic acids is 1. The topological polar surface area (TPSA) is 51.2 Å². The van der Waals surface area contributed by atoms with Crippen molar-refractivity contribution in [3.8, 4) is 5.75 Å². The summed E-state index contributed by atoms with van der Waals surface area (Å²) < 4.78 is 18.4. The smallest absolute Gasteiger partial charge is 0.255 e. The van der Waals surface area contributed by atoms with Crippen molar-refractivity contribution in [2.24, 2.45) is 0 Å². The number of nitrogens with zero attached hydrogens (tertiary/aromatic N) is 1. The number of thiazole rings is 1. The Morgan fingerprint density at radius 2 is 1.87 bits per heavy atom. The molecule has 0 spiro atoms. The van der Waals surface area contributed by atoms with Gasteiger partial charge in [0.15, 0.2) is 0 Å². The number of nitrogens with one attached hydrogen (secondary N) is 1. The quantitative estimate of drug-likeness (QED) is 0.767. The van der Waals surface area contributed by atoms with Crippen LogP contribution in [0.1, 0.15) is 16.1 Å². The lowest BCUT2D eigenvalue weighted by atomic mass is 10.2. The number of hydrogen-bond acceptors (Lipinski definition) is 4. The Kier molecular flexibility index (Phi) is 4.63. The van der Waals surface area contributed by atoms with Crippen LogP contribution in [0.15, 0.2) is 59.4 Å². The minimum absolute atomic E-state index is 0.261. The second kappa shape index (κ2) is 7.02. The van der Waals surface area contributed by atoms with E-state index in [1.807, 2.05) is 5.38 Å². The van der Waals surface area contributed by atoms with Gasteiger partial charge in [-0.2, -0.15) is 0 Å². The Morgan fingerprint density at radius 3 is 2.52 bits per heavy atom. The van der Waals surface area contributed by atoms with Crippen LogP contribution in [0.4, 0.5) is 10.1 Å². The van der Waals surface area contributed by atoms with Gasteiger partial charge in [0.2, 0.25) is 0 Å². The Hall–Kier alpha value is -2.73. The van der Waals surface area contributed by atoms with Crippen molar-refractivity contribution in [2.75, 3.05) is 5.32 Å². The maximum Gasteiger partial charge on any atom is 0.255 e. The Morgan fingerprint density at radius 1 is 1.13 bits per heavy atom. The summed E-state index contributed by atoms with van der Waals surface area (Å²) in [6.07, 6.45) is 0. The molecule has 1 heterocycles. The van der Waals surface area contributed by atoms with Crippen LogP contribution in [0.25, 0.3) is 0 Å². The van der Waals surface area contributed by atoms with Gasteiger partial charge in [0.1, 0.15) is 18.2 Å². The lowest BCUT2D eigenvalue weighted by molar-refractivity contribution is 0.102. The Labute approximate surface area is 136 Å². The molecule has 2 aromatic carbocycles. The number of carbonyl (C=O) groups is 1. The molecule has 1 amide bonds. The number of rotatable bonds is 5. The zero-order valence-corrected chi connectivity index (χ0v) is 12.8. The molecule has 0 atom stereocenters. The van der Waals surface area contributed by atoms with Gasteiger partial charge in [0, 0.05) is 16.6 Å². The van der Waals surface area contributed by atoms with Crippen molar-refractivity contribution in [3.63, 3.8) is 0 Å². The first kappa shape index (κ1) is 15.2. The Balaban J connectivity index is 1.59. The lowest BCUT2D eigenvalue weighted by Crippen LogP contribution is -2.11. The van der Waals surface area contributed by atoms with Crippen LogP contribution >= 0.6 is 11.3 Å². The molecule has 116 valence electrons. The van der Waals surface area contributed by atoms with Crippen LogP contribution < -0.4 is 10.1 Å². The molecule has 3 aromatic rings. The van der Waals surface area contributed by atoms with Crippen LogP contribution in [0.3, 0.4) is 0 Å². The van der Waals surface area contributed by atoms with Crippen LogP contribution in [0.2, 0.25) is 0 Å². The molecule has 1 aromatic heterocycles. The third-order valence-electron chi connectivity index (χ3n) is 3.09. The standard InChI is InChI=1S/C17H13FN2O2S/c18-13-3-5-14(6-4-13)20-17(21)12-1-7-16(8-2-12)22-9-15-10-23-11-19-15/h1-8,10-11H,9H2,(H,20,21). The van der Waals surface area contributed by atoms with Gasteiger partial charge >= 0.3 is 0 Å². The number of hydrogen-bond donors (Lipinski definition) is 1. The first-order chi connectivity index (χ1) is 11.2. The molecule has 6 heteroatoms. The normalized spacial score (nSPS) is 10.3. The predicted octanol–water partition coefficient (Wildman–Crippen LogP) is 4.11. The average Bonchev–Trinajstić information content (AvgIpc) is 3.09. The van der Waals surface area contributed by atoms with Crippen molar-refractivity contribution in [3.05, 3.63) is 76.5 Å². The summed E-state index contributed by atoms with van der Waals surface area (Å²) in [5.41, 5.74) is 3.66. The van der Waals surface area contributed by atoms with Crippen LogP contribution in [0.5, 0.6) is 5.75 Å². The monoisotopic (exact) mass is 328 g/mol. The number of anilines is 1. The fourth-order valence-electron chi connectivity index (χ4n) is 1.91. The van der Waals surface area contributed by atoms with E-state index in [2.05, 4.69) is 10.3 Å². The molecule has 0 saturated heterocycles. The maximum atomic E-state index is 12.8. The first-order valence-corrected chi connectivity index (χ1v) is 7.82. The van der Waals surface area contributed by atoms with E-state index >= 15 is 0 Å². The molecule has 0 unspecified atom stereocenters. The number of benzene rings is 2. The molecule has 0 aliphatic heterocycles.